The molecule has 5 nitrogen and oxygen atoms in total. The molecule has 1 fully saturated rings. The number of rotatable bonds is 4. The molecule has 1 aliphatic rings. The lowest BCUT2D eigenvalue weighted by Gasteiger charge is -2.28. The van der Waals surface area contributed by atoms with Gasteiger partial charge >= 0.3 is 0 Å². The van der Waals surface area contributed by atoms with Crippen molar-refractivity contribution in [1.82, 2.24) is 4.90 Å². The zero-order chi connectivity index (χ0) is 14.5. The third kappa shape index (κ3) is 3.32. The molecular weight excluding hydrogens is 263 g/mol. The molecule has 1 heterocycles. The molecule has 0 saturated carbocycles. The summed E-state index contributed by atoms with van der Waals surface area (Å²) in [6, 6.07) is 6.15. The maximum Gasteiger partial charge on any atom is 0.176 e. The van der Waals surface area contributed by atoms with Crippen molar-refractivity contribution in [1.29, 1.82) is 5.26 Å². The molecule has 0 aromatic heterocycles. The van der Waals surface area contributed by atoms with Crippen LogP contribution in [0.4, 0.5) is 4.39 Å². The summed E-state index contributed by atoms with van der Waals surface area (Å²) in [5, 5.41) is 8.80. The van der Waals surface area contributed by atoms with Gasteiger partial charge in [-0.25, -0.2) is 4.39 Å². The Labute approximate surface area is 116 Å². The van der Waals surface area contributed by atoms with E-state index in [-0.39, 0.29) is 18.1 Å². The Hall–Kier alpha value is -1.97. The number of nitrogens with zero attached hydrogens (tertiary/aromatic N) is 2. The summed E-state index contributed by atoms with van der Waals surface area (Å²) in [4.78, 5) is 13.9. The van der Waals surface area contributed by atoms with Gasteiger partial charge in [0.15, 0.2) is 23.5 Å². The quantitative estimate of drug-likeness (QED) is 0.775. The highest BCUT2D eigenvalue weighted by Crippen LogP contribution is 2.18. The van der Waals surface area contributed by atoms with Crippen molar-refractivity contribution in [3.63, 3.8) is 0 Å². The average molecular weight is 278 g/mol. The summed E-state index contributed by atoms with van der Waals surface area (Å²) in [7, 11) is 1.37. The van der Waals surface area contributed by atoms with Crippen molar-refractivity contribution in [2.24, 2.45) is 0 Å². The van der Waals surface area contributed by atoms with Crippen LogP contribution < -0.4 is 4.74 Å². The van der Waals surface area contributed by atoms with E-state index in [9.17, 15) is 9.18 Å². The first-order valence-electron chi connectivity index (χ1n) is 6.24. The minimum absolute atomic E-state index is 0.109. The summed E-state index contributed by atoms with van der Waals surface area (Å²) in [5.41, 5.74) is 0.295. The molecule has 106 valence electrons. The number of benzene rings is 1. The first-order valence-corrected chi connectivity index (χ1v) is 6.24. The van der Waals surface area contributed by atoms with Gasteiger partial charge in [-0.1, -0.05) is 0 Å². The highest BCUT2D eigenvalue weighted by Gasteiger charge is 2.22. The van der Waals surface area contributed by atoms with Crippen LogP contribution in [0.1, 0.15) is 10.4 Å². The van der Waals surface area contributed by atoms with Crippen molar-refractivity contribution in [3.05, 3.63) is 29.6 Å². The van der Waals surface area contributed by atoms with Gasteiger partial charge in [0.1, 0.15) is 0 Å². The predicted molar refractivity (Wildman–Crippen MR) is 69.1 cm³/mol. The molecule has 0 N–H and O–H groups in total. The van der Waals surface area contributed by atoms with Gasteiger partial charge in [0.05, 0.1) is 26.3 Å². The first-order chi connectivity index (χ1) is 9.63. The van der Waals surface area contributed by atoms with Crippen LogP contribution in [-0.4, -0.2) is 50.1 Å². The number of methoxy groups -OCH3 is 1. The van der Waals surface area contributed by atoms with Gasteiger partial charge < -0.3 is 9.47 Å². The maximum atomic E-state index is 13.6. The number of ketones is 1. The van der Waals surface area contributed by atoms with Gasteiger partial charge in [-0.3, -0.25) is 9.69 Å². The van der Waals surface area contributed by atoms with E-state index < -0.39 is 11.9 Å². The molecule has 1 saturated heterocycles. The Kier molecular flexibility index (Phi) is 4.66. The predicted octanol–water partition coefficient (Wildman–Crippen LogP) is 1.24. The zero-order valence-electron chi connectivity index (χ0n) is 11.1. The summed E-state index contributed by atoms with van der Waals surface area (Å²) in [6.07, 6.45) is -0.510. The molecule has 0 spiro atoms. The van der Waals surface area contributed by atoms with Gasteiger partial charge in [-0.05, 0) is 18.2 Å². The van der Waals surface area contributed by atoms with Crippen LogP contribution in [0.2, 0.25) is 0 Å². The van der Waals surface area contributed by atoms with Crippen LogP contribution in [0.25, 0.3) is 0 Å². The topological polar surface area (TPSA) is 62.6 Å². The number of nitriles is 1. The fourth-order valence-corrected chi connectivity index (χ4v) is 2.06. The van der Waals surface area contributed by atoms with E-state index in [0.717, 1.165) is 0 Å². The number of morpholine rings is 1. The van der Waals surface area contributed by atoms with Gasteiger partial charge in [0.2, 0.25) is 0 Å². The van der Waals surface area contributed by atoms with E-state index in [1.807, 2.05) is 11.0 Å². The van der Waals surface area contributed by atoms with Gasteiger partial charge in [-0.2, -0.15) is 5.26 Å². The molecule has 1 aromatic carbocycles. The number of hydrogen-bond donors (Lipinski definition) is 0. The second kappa shape index (κ2) is 6.46. The minimum atomic E-state index is -0.560. The summed E-state index contributed by atoms with van der Waals surface area (Å²) in [5.74, 6) is -0.641. The Bertz CT molecular complexity index is 542. The van der Waals surface area contributed by atoms with Crippen molar-refractivity contribution in [2.45, 2.75) is 6.10 Å². The lowest BCUT2D eigenvalue weighted by Crippen LogP contribution is -2.44. The molecular formula is C14H15FN2O3. The summed E-state index contributed by atoms with van der Waals surface area (Å²) >= 11 is 0. The molecule has 1 unspecified atom stereocenters. The van der Waals surface area contributed by atoms with E-state index >= 15 is 0 Å². The van der Waals surface area contributed by atoms with E-state index in [2.05, 4.69) is 0 Å². The largest absolute Gasteiger partial charge is 0.494 e. The summed E-state index contributed by atoms with van der Waals surface area (Å²) < 4.78 is 23.6. The highest BCUT2D eigenvalue weighted by molar-refractivity contribution is 5.97. The van der Waals surface area contributed by atoms with Crippen LogP contribution in [-0.2, 0) is 4.74 Å². The van der Waals surface area contributed by atoms with Gasteiger partial charge in [0.25, 0.3) is 0 Å². The zero-order valence-corrected chi connectivity index (χ0v) is 11.1. The van der Waals surface area contributed by atoms with E-state index in [0.29, 0.717) is 25.3 Å². The standard InChI is InChI=1S/C14H15FN2O3/c1-19-14-3-2-10(6-12(14)15)13(18)9-17-4-5-20-11(7-16)8-17/h2-3,6,11H,4-5,8-9H2,1H3. The Morgan fingerprint density at radius 2 is 2.45 bits per heavy atom. The van der Waals surface area contributed by atoms with Gasteiger partial charge in [0, 0.05) is 18.7 Å². The lowest BCUT2D eigenvalue weighted by molar-refractivity contribution is 0.00240. The molecule has 0 amide bonds. The fourth-order valence-electron chi connectivity index (χ4n) is 2.06. The van der Waals surface area contributed by atoms with Gasteiger partial charge in [-0.15, -0.1) is 0 Å². The highest BCUT2D eigenvalue weighted by atomic mass is 19.1. The SMILES string of the molecule is COc1ccc(C(=O)CN2CCOC(C#N)C2)cc1F. The maximum absolute atomic E-state index is 13.6. The number of halogens is 1. The molecule has 6 heteroatoms. The third-order valence-electron chi connectivity index (χ3n) is 3.14. The molecule has 0 bridgehead atoms. The van der Waals surface area contributed by atoms with Crippen LogP contribution >= 0.6 is 0 Å². The molecule has 1 aliphatic heterocycles. The molecule has 2 rings (SSSR count). The first kappa shape index (κ1) is 14.4. The lowest BCUT2D eigenvalue weighted by atomic mass is 10.1. The number of carbonyl (C=O) groups is 1. The monoisotopic (exact) mass is 278 g/mol. The van der Waals surface area contributed by atoms with Crippen molar-refractivity contribution in [2.75, 3.05) is 33.4 Å². The number of Topliss-reactive ketones (excluding diaryl/α,β-unsaturated/α-hetero) is 1. The second-order valence-corrected chi connectivity index (χ2v) is 4.50. The normalized spacial score (nSPS) is 19.4. The third-order valence-corrected chi connectivity index (χ3v) is 3.14. The number of hydrogen-bond acceptors (Lipinski definition) is 5. The minimum Gasteiger partial charge on any atom is -0.494 e. The fraction of sp³-hybridized carbons (Fsp3) is 0.429. The second-order valence-electron chi connectivity index (χ2n) is 4.50. The smallest absolute Gasteiger partial charge is 0.176 e. The Balaban J connectivity index is 2.01. The van der Waals surface area contributed by atoms with E-state index in [1.165, 1.54) is 25.3 Å². The summed E-state index contributed by atoms with van der Waals surface area (Å²) in [6.45, 7) is 1.54. The average Bonchev–Trinajstić information content (AvgIpc) is 2.47. The van der Waals surface area contributed by atoms with E-state index in [1.54, 1.807) is 0 Å². The van der Waals surface area contributed by atoms with Crippen molar-refractivity contribution < 1.29 is 18.7 Å². The molecule has 1 atom stereocenters. The van der Waals surface area contributed by atoms with E-state index in [4.69, 9.17) is 14.7 Å². The Morgan fingerprint density at radius 1 is 1.65 bits per heavy atom. The van der Waals surface area contributed by atoms with Crippen molar-refractivity contribution in [3.8, 4) is 11.8 Å². The molecule has 0 aliphatic carbocycles. The van der Waals surface area contributed by atoms with Crippen LogP contribution in [0.3, 0.4) is 0 Å². The van der Waals surface area contributed by atoms with Crippen LogP contribution in [0, 0.1) is 17.1 Å². The molecule has 0 radical (unpaired) electrons. The van der Waals surface area contributed by atoms with Crippen LogP contribution in [0.15, 0.2) is 18.2 Å². The Morgan fingerprint density at radius 3 is 3.10 bits per heavy atom. The number of ether oxygens (including phenoxy) is 2. The molecule has 1 aromatic rings. The molecule has 20 heavy (non-hydrogen) atoms. The van der Waals surface area contributed by atoms with Crippen molar-refractivity contribution >= 4 is 5.78 Å². The van der Waals surface area contributed by atoms with Crippen LogP contribution in [0.5, 0.6) is 5.75 Å². The number of carbonyl (C=O) groups excluding carboxylic acids is 1.